The first-order valence-corrected chi connectivity index (χ1v) is 8.59. The fourth-order valence-corrected chi connectivity index (χ4v) is 2.64. The van der Waals surface area contributed by atoms with Gasteiger partial charge >= 0.3 is 6.03 Å². The summed E-state index contributed by atoms with van der Waals surface area (Å²) in [6.07, 6.45) is 0. The van der Waals surface area contributed by atoms with Crippen molar-refractivity contribution in [2.45, 2.75) is 19.9 Å². The fraction of sp³-hybridized carbons (Fsp3) is 0.250. The number of amides is 4. The first kappa shape index (κ1) is 20.1. The lowest BCUT2D eigenvalue weighted by atomic mass is 10.1. The van der Waals surface area contributed by atoms with Gasteiger partial charge in [0.2, 0.25) is 11.8 Å². The van der Waals surface area contributed by atoms with Crippen LogP contribution >= 0.6 is 0 Å². The number of aryl methyl sites for hydroxylation is 2. The molecule has 142 valence electrons. The van der Waals surface area contributed by atoms with E-state index in [-0.39, 0.29) is 12.5 Å². The van der Waals surface area contributed by atoms with Crippen molar-refractivity contribution in [3.05, 3.63) is 65.2 Å². The number of hydrogen-bond donors (Lipinski definition) is 4. The van der Waals surface area contributed by atoms with Gasteiger partial charge in [-0.1, -0.05) is 48.5 Å². The highest BCUT2D eigenvalue weighted by atomic mass is 16.2. The Kier molecular flexibility index (Phi) is 7.08. The normalized spacial score (nSPS) is 11.4. The van der Waals surface area contributed by atoms with Crippen LogP contribution in [0.2, 0.25) is 0 Å². The van der Waals surface area contributed by atoms with Crippen molar-refractivity contribution < 1.29 is 14.4 Å². The summed E-state index contributed by atoms with van der Waals surface area (Å²) in [5, 5.41) is 10.4. The molecule has 0 aliphatic rings. The minimum absolute atomic E-state index is 0.0888. The smallest absolute Gasteiger partial charge is 0.321 e. The second-order valence-electron chi connectivity index (χ2n) is 6.11. The maximum absolute atomic E-state index is 12.4. The van der Waals surface area contributed by atoms with Crippen molar-refractivity contribution >= 4 is 23.5 Å². The van der Waals surface area contributed by atoms with Crippen LogP contribution in [0.25, 0.3) is 0 Å². The van der Waals surface area contributed by atoms with Crippen LogP contribution in [0.1, 0.15) is 22.7 Å². The average molecular weight is 368 g/mol. The molecule has 1 atom stereocenters. The van der Waals surface area contributed by atoms with E-state index in [1.807, 2.05) is 38.1 Å². The number of carbonyl (C=O) groups excluding carboxylic acids is 3. The molecule has 0 unspecified atom stereocenters. The summed E-state index contributed by atoms with van der Waals surface area (Å²) in [5.41, 5.74) is 3.33. The van der Waals surface area contributed by atoms with Gasteiger partial charge < -0.3 is 10.6 Å². The highest BCUT2D eigenvalue weighted by Crippen LogP contribution is 2.19. The molecule has 27 heavy (non-hydrogen) atoms. The molecule has 0 aliphatic carbocycles. The van der Waals surface area contributed by atoms with Gasteiger partial charge in [-0.15, -0.1) is 0 Å². The molecule has 2 aromatic carbocycles. The molecule has 0 radical (unpaired) electrons. The van der Waals surface area contributed by atoms with Gasteiger partial charge in [-0.25, -0.2) is 4.79 Å². The van der Waals surface area contributed by atoms with Gasteiger partial charge in [0.15, 0.2) is 0 Å². The van der Waals surface area contributed by atoms with Crippen molar-refractivity contribution in [2.75, 3.05) is 18.9 Å². The molecule has 0 bridgehead atoms. The first-order valence-electron chi connectivity index (χ1n) is 8.59. The molecule has 0 heterocycles. The SMILES string of the molecule is CNC(=O)NC(=O)[C@@H](NCC(=O)Nc1c(C)cccc1C)c1ccccc1. The van der Waals surface area contributed by atoms with Crippen LogP contribution in [-0.2, 0) is 9.59 Å². The predicted molar refractivity (Wildman–Crippen MR) is 104 cm³/mol. The van der Waals surface area contributed by atoms with E-state index in [2.05, 4.69) is 21.3 Å². The lowest BCUT2D eigenvalue weighted by Crippen LogP contribution is -2.45. The number of para-hydroxylation sites is 1. The van der Waals surface area contributed by atoms with E-state index in [1.54, 1.807) is 24.3 Å². The summed E-state index contributed by atoms with van der Waals surface area (Å²) in [5.74, 6) is -0.818. The molecular weight excluding hydrogens is 344 g/mol. The zero-order valence-electron chi connectivity index (χ0n) is 15.6. The van der Waals surface area contributed by atoms with Gasteiger partial charge in [-0.3, -0.25) is 20.2 Å². The summed E-state index contributed by atoms with van der Waals surface area (Å²) in [6, 6.07) is 13.2. The van der Waals surface area contributed by atoms with Crippen LogP contribution in [0.4, 0.5) is 10.5 Å². The van der Waals surface area contributed by atoms with Crippen LogP contribution in [0, 0.1) is 13.8 Å². The average Bonchev–Trinajstić information content (AvgIpc) is 2.65. The van der Waals surface area contributed by atoms with Crippen LogP contribution < -0.4 is 21.3 Å². The van der Waals surface area contributed by atoms with Crippen molar-refractivity contribution in [3.8, 4) is 0 Å². The standard InChI is InChI=1S/C20H24N4O3/c1-13-8-7-9-14(2)17(13)23-16(25)12-22-18(15-10-5-4-6-11-15)19(26)24-20(27)21-3/h4-11,18,22H,12H2,1-3H3,(H,23,25)(H2,21,24,26,27)/t18-/m0/s1. The van der Waals surface area contributed by atoms with E-state index < -0.39 is 18.0 Å². The molecular formula is C20H24N4O3. The minimum Gasteiger partial charge on any atom is -0.341 e. The van der Waals surface area contributed by atoms with Gasteiger partial charge in [0, 0.05) is 12.7 Å². The monoisotopic (exact) mass is 368 g/mol. The predicted octanol–water partition coefficient (Wildman–Crippen LogP) is 2.03. The van der Waals surface area contributed by atoms with Gasteiger partial charge in [-0.05, 0) is 30.5 Å². The molecule has 2 aromatic rings. The maximum atomic E-state index is 12.4. The van der Waals surface area contributed by atoms with E-state index in [0.29, 0.717) is 5.56 Å². The second kappa shape index (κ2) is 9.49. The largest absolute Gasteiger partial charge is 0.341 e. The Morgan fingerprint density at radius 2 is 1.56 bits per heavy atom. The zero-order valence-corrected chi connectivity index (χ0v) is 15.6. The summed E-state index contributed by atoms with van der Waals surface area (Å²) >= 11 is 0. The quantitative estimate of drug-likeness (QED) is 0.627. The van der Waals surface area contributed by atoms with Crippen molar-refractivity contribution in [3.63, 3.8) is 0 Å². The van der Waals surface area contributed by atoms with E-state index >= 15 is 0 Å². The molecule has 4 amide bonds. The Morgan fingerprint density at radius 3 is 2.15 bits per heavy atom. The number of anilines is 1. The number of hydrogen-bond acceptors (Lipinski definition) is 4. The summed E-state index contributed by atoms with van der Waals surface area (Å²) < 4.78 is 0. The number of benzene rings is 2. The highest BCUT2D eigenvalue weighted by Gasteiger charge is 2.22. The lowest BCUT2D eigenvalue weighted by Gasteiger charge is -2.19. The fourth-order valence-electron chi connectivity index (χ4n) is 2.64. The summed E-state index contributed by atoms with van der Waals surface area (Å²) in [7, 11) is 1.42. The van der Waals surface area contributed by atoms with Crippen LogP contribution in [0.5, 0.6) is 0 Å². The van der Waals surface area contributed by atoms with Crippen LogP contribution in [-0.4, -0.2) is 31.4 Å². The molecule has 7 nitrogen and oxygen atoms in total. The van der Waals surface area contributed by atoms with Crippen molar-refractivity contribution in [2.24, 2.45) is 0 Å². The van der Waals surface area contributed by atoms with Gasteiger partial charge in [-0.2, -0.15) is 0 Å². The molecule has 4 N–H and O–H groups in total. The Balaban J connectivity index is 2.08. The van der Waals surface area contributed by atoms with Crippen molar-refractivity contribution in [1.29, 1.82) is 0 Å². The van der Waals surface area contributed by atoms with Gasteiger partial charge in [0.1, 0.15) is 6.04 Å². The van der Waals surface area contributed by atoms with Crippen LogP contribution in [0.15, 0.2) is 48.5 Å². The maximum Gasteiger partial charge on any atom is 0.321 e. The number of urea groups is 1. The van der Waals surface area contributed by atoms with E-state index in [1.165, 1.54) is 7.05 Å². The zero-order chi connectivity index (χ0) is 19.8. The number of rotatable bonds is 6. The highest BCUT2D eigenvalue weighted by molar-refractivity contribution is 5.98. The van der Waals surface area contributed by atoms with Gasteiger partial charge in [0.05, 0.1) is 6.54 Å². The molecule has 0 saturated carbocycles. The molecule has 0 saturated heterocycles. The first-order chi connectivity index (χ1) is 12.9. The number of nitrogens with one attached hydrogen (secondary N) is 4. The Hall–Kier alpha value is -3.19. The topological polar surface area (TPSA) is 99.3 Å². The molecule has 0 aromatic heterocycles. The third-order valence-corrected chi connectivity index (χ3v) is 4.07. The Bertz CT molecular complexity index is 801. The van der Waals surface area contributed by atoms with E-state index in [4.69, 9.17) is 0 Å². The third kappa shape index (κ3) is 5.65. The third-order valence-electron chi connectivity index (χ3n) is 4.07. The number of carbonyl (C=O) groups is 3. The Morgan fingerprint density at radius 1 is 0.926 bits per heavy atom. The van der Waals surface area contributed by atoms with Gasteiger partial charge in [0.25, 0.3) is 0 Å². The molecule has 0 fully saturated rings. The lowest BCUT2D eigenvalue weighted by molar-refractivity contribution is -0.122. The summed E-state index contributed by atoms with van der Waals surface area (Å²) in [4.78, 5) is 36.3. The van der Waals surface area contributed by atoms with Crippen LogP contribution in [0.3, 0.4) is 0 Å². The minimum atomic E-state index is -0.841. The summed E-state index contributed by atoms with van der Waals surface area (Å²) in [6.45, 7) is 3.74. The van der Waals surface area contributed by atoms with E-state index in [0.717, 1.165) is 16.8 Å². The molecule has 7 heteroatoms. The molecule has 0 spiro atoms. The van der Waals surface area contributed by atoms with Crippen molar-refractivity contribution in [1.82, 2.24) is 16.0 Å². The van der Waals surface area contributed by atoms with E-state index in [9.17, 15) is 14.4 Å². The second-order valence-corrected chi connectivity index (χ2v) is 6.11. The molecule has 2 rings (SSSR count). The Labute approximate surface area is 158 Å². The number of imide groups is 1. The molecule has 0 aliphatic heterocycles.